The molecule has 2 aromatic carbocycles. The summed E-state index contributed by atoms with van der Waals surface area (Å²) in [6.45, 7) is 0.445. The van der Waals surface area contributed by atoms with E-state index in [0.29, 0.717) is 17.7 Å². The van der Waals surface area contributed by atoms with E-state index in [9.17, 15) is 4.39 Å². The number of nitrogens with zero attached hydrogens (tertiary/aromatic N) is 1. The Morgan fingerprint density at radius 2 is 2.05 bits per heavy atom. The Labute approximate surface area is 125 Å². The van der Waals surface area contributed by atoms with Crippen LogP contribution in [0.2, 0.25) is 0 Å². The van der Waals surface area contributed by atoms with Gasteiger partial charge in [0.15, 0.2) is 0 Å². The van der Waals surface area contributed by atoms with Crippen molar-refractivity contribution in [3.63, 3.8) is 0 Å². The van der Waals surface area contributed by atoms with Gasteiger partial charge in [0.2, 0.25) is 0 Å². The molecule has 0 unspecified atom stereocenters. The van der Waals surface area contributed by atoms with Crippen LogP contribution in [0.1, 0.15) is 11.1 Å². The van der Waals surface area contributed by atoms with Gasteiger partial charge in [0.1, 0.15) is 11.7 Å². The Bertz CT molecular complexity index is 643. The molecular weight excluding hydrogens is 321 g/mol. The molecule has 0 aliphatic carbocycles. The molecular formula is C15H15BrFN3. The molecule has 0 aromatic heterocycles. The molecule has 0 radical (unpaired) electrons. The highest BCUT2D eigenvalue weighted by Crippen LogP contribution is 2.20. The van der Waals surface area contributed by atoms with Crippen LogP contribution >= 0.6 is 15.9 Å². The van der Waals surface area contributed by atoms with E-state index in [0.717, 1.165) is 10.2 Å². The molecule has 0 fully saturated rings. The lowest BCUT2D eigenvalue weighted by molar-refractivity contribution is 0.607. The van der Waals surface area contributed by atoms with Gasteiger partial charge in [-0.25, -0.2) is 4.39 Å². The Hall–Kier alpha value is -1.88. The molecule has 2 aromatic rings. The SMILES string of the molecule is CN(Cc1ccc(Br)cc1F)c1cccc(C(=N)N)c1. The van der Waals surface area contributed by atoms with E-state index in [2.05, 4.69) is 15.9 Å². The molecule has 0 aliphatic rings. The van der Waals surface area contributed by atoms with Gasteiger partial charge in [-0.3, -0.25) is 5.41 Å². The van der Waals surface area contributed by atoms with Crippen LogP contribution < -0.4 is 10.6 Å². The molecule has 3 N–H and O–H groups in total. The minimum Gasteiger partial charge on any atom is -0.384 e. The van der Waals surface area contributed by atoms with Crippen LogP contribution in [0.3, 0.4) is 0 Å². The smallest absolute Gasteiger partial charge is 0.129 e. The zero-order chi connectivity index (χ0) is 14.7. The van der Waals surface area contributed by atoms with E-state index >= 15 is 0 Å². The lowest BCUT2D eigenvalue weighted by Gasteiger charge is -2.20. The lowest BCUT2D eigenvalue weighted by Crippen LogP contribution is -2.18. The summed E-state index contributed by atoms with van der Waals surface area (Å²) in [5, 5.41) is 7.45. The third kappa shape index (κ3) is 3.36. The van der Waals surface area contributed by atoms with Crippen LogP contribution in [-0.4, -0.2) is 12.9 Å². The average Bonchev–Trinajstić information content (AvgIpc) is 2.42. The highest BCUT2D eigenvalue weighted by molar-refractivity contribution is 9.10. The number of benzene rings is 2. The maximum Gasteiger partial charge on any atom is 0.129 e. The van der Waals surface area contributed by atoms with Crippen molar-refractivity contribution >= 4 is 27.5 Å². The molecule has 2 rings (SSSR count). The molecule has 20 heavy (non-hydrogen) atoms. The van der Waals surface area contributed by atoms with E-state index in [1.54, 1.807) is 12.1 Å². The fourth-order valence-electron chi connectivity index (χ4n) is 1.91. The topological polar surface area (TPSA) is 53.1 Å². The third-order valence-corrected chi connectivity index (χ3v) is 3.51. The van der Waals surface area contributed by atoms with Gasteiger partial charge in [0.05, 0.1) is 0 Å². The standard InChI is InChI=1S/C15H15BrFN3/c1-20(9-11-5-6-12(16)8-14(11)17)13-4-2-3-10(7-13)15(18)19/h2-8H,9H2,1H3,(H3,18,19). The number of nitrogens with two attached hydrogens (primary N) is 1. The normalized spacial score (nSPS) is 10.3. The first-order valence-electron chi connectivity index (χ1n) is 6.07. The quantitative estimate of drug-likeness (QED) is 0.663. The monoisotopic (exact) mass is 335 g/mol. The van der Waals surface area contributed by atoms with Gasteiger partial charge < -0.3 is 10.6 Å². The molecule has 0 saturated heterocycles. The zero-order valence-corrected chi connectivity index (χ0v) is 12.6. The summed E-state index contributed by atoms with van der Waals surface area (Å²) in [7, 11) is 1.88. The van der Waals surface area contributed by atoms with Crippen molar-refractivity contribution in [3.05, 3.63) is 63.9 Å². The summed E-state index contributed by atoms with van der Waals surface area (Å²) in [5.41, 5.74) is 7.64. The highest BCUT2D eigenvalue weighted by atomic mass is 79.9. The number of nitrogens with one attached hydrogen (secondary N) is 1. The fourth-order valence-corrected chi connectivity index (χ4v) is 2.24. The molecule has 0 bridgehead atoms. The van der Waals surface area contributed by atoms with Crippen LogP contribution in [0.15, 0.2) is 46.9 Å². The first kappa shape index (κ1) is 14.5. The Morgan fingerprint density at radius 3 is 2.70 bits per heavy atom. The van der Waals surface area contributed by atoms with Crippen LogP contribution in [0, 0.1) is 11.2 Å². The number of halogens is 2. The highest BCUT2D eigenvalue weighted by Gasteiger charge is 2.08. The minimum atomic E-state index is -0.242. The van der Waals surface area contributed by atoms with Crippen molar-refractivity contribution in [1.82, 2.24) is 0 Å². The molecule has 0 aliphatic heterocycles. The Balaban J connectivity index is 2.21. The van der Waals surface area contributed by atoms with Gasteiger partial charge in [-0.1, -0.05) is 34.1 Å². The van der Waals surface area contributed by atoms with Gasteiger partial charge in [-0.15, -0.1) is 0 Å². The molecule has 0 saturated carbocycles. The van der Waals surface area contributed by atoms with E-state index in [1.807, 2.05) is 36.2 Å². The summed E-state index contributed by atoms with van der Waals surface area (Å²) in [4.78, 5) is 1.92. The maximum atomic E-state index is 13.8. The molecule has 0 heterocycles. The summed E-state index contributed by atoms with van der Waals surface area (Å²) in [6, 6.07) is 12.4. The third-order valence-electron chi connectivity index (χ3n) is 3.02. The van der Waals surface area contributed by atoms with E-state index in [-0.39, 0.29) is 11.7 Å². The minimum absolute atomic E-state index is 0.0232. The van der Waals surface area contributed by atoms with Crippen LogP contribution in [0.4, 0.5) is 10.1 Å². The zero-order valence-electron chi connectivity index (χ0n) is 11.0. The number of rotatable bonds is 4. The Morgan fingerprint density at radius 1 is 1.30 bits per heavy atom. The van der Waals surface area contributed by atoms with Gasteiger partial charge in [0.25, 0.3) is 0 Å². The van der Waals surface area contributed by atoms with Crippen molar-refractivity contribution in [2.75, 3.05) is 11.9 Å². The van der Waals surface area contributed by atoms with Crippen molar-refractivity contribution < 1.29 is 4.39 Å². The number of amidine groups is 1. The number of hydrogen-bond donors (Lipinski definition) is 2. The number of anilines is 1. The maximum absolute atomic E-state index is 13.8. The van der Waals surface area contributed by atoms with E-state index < -0.39 is 0 Å². The van der Waals surface area contributed by atoms with Gasteiger partial charge in [-0.2, -0.15) is 0 Å². The van der Waals surface area contributed by atoms with Crippen LogP contribution in [-0.2, 0) is 6.54 Å². The van der Waals surface area contributed by atoms with E-state index in [4.69, 9.17) is 11.1 Å². The molecule has 0 spiro atoms. The van der Waals surface area contributed by atoms with Gasteiger partial charge in [-0.05, 0) is 24.3 Å². The largest absolute Gasteiger partial charge is 0.384 e. The second-order valence-electron chi connectivity index (χ2n) is 4.56. The van der Waals surface area contributed by atoms with Crippen LogP contribution in [0.5, 0.6) is 0 Å². The van der Waals surface area contributed by atoms with E-state index in [1.165, 1.54) is 6.07 Å². The second-order valence-corrected chi connectivity index (χ2v) is 5.47. The van der Waals surface area contributed by atoms with Crippen LogP contribution in [0.25, 0.3) is 0 Å². The molecule has 0 atom stereocenters. The molecule has 104 valence electrons. The van der Waals surface area contributed by atoms with Crippen molar-refractivity contribution in [2.45, 2.75) is 6.54 Å². The predicted molar refractivity (Wildman–Crippen MR) is 83.7 cm³/mol. The van der Waals surface area contributed by atoms with Crippen molar-refractivity contribution in [2.24, 2.45) is 5.73 Å². The van der Waals surface area contributed by atoms with Gasteiger partial charge >= 0.3 is 0 Å². The summed E-state index contributed by atoms with van der Waals surface area (Å²) in [5.74, 6) is -0.219. The average molecular weight is 336 g/mol. The summed E-state index contributed by atoms with van der Waals surface area (Å²) >= 11 is 3.24. The van der Waals surface area contributed by atoms with Gasteiger partial charge in [0, 0.05) is 34.9 Å². The summed E-state index contributed by atoms with van der Waals surface area (Å²) in [6.07, 6.45) is 0. The first-order valence-corrected chi connectivity index (χ1v) is 6.86. The molecule has 5 heteroatoms. The second kappa shape index (κ2) is 6.05. The summed E-state index contributed by atoms with van der Waals surface area (Å²) < 4.78 is 14.5. The number of nitrogen functional groups attached to an aromatic ring is 1. The van der Waals surface area contributed by atoms with Crippen molar-refractivity contribution in [1.29, 1.82) is 5.41 Å². The van der Waals surface area contributed by atoms with Crippen molar-refractivity contribution in [3.8, 4) is 0 Å². The molecule has 0 amide bonds. The Kier molecular flexibility index (Phi) is 4.39. The number of hydrogen-bond acceptors (Lipinski definition) is 2. The fraction of sp³-hybridized carbons (Fsp3) is 0.133. The first-order chi connectivity index (χ1) is 9.47. The molecule has 3 nitrogen and oxygen atoms in total. The lowest BCUT2D eigenvalue weighted by atomic mass is 10.1. The predicted octanol–water partition coefficient (Wildman–Crippen LogP) is 3.51.